The Bertz CT molecular complexity index is 191. The zero-order chi connectivity index (χ0) is 12.0. The van der Waals surface area contributed by atoms with Gasteiger partial charge in [-0.15, -0.1) is 0 Å². The van der Waals surface area contributed by atoms with E-state index >= 15 is 0 Å². The lowest BCUT2D eigenvalue weighted by Crippen LogP contribution is -1.84. The summed E-state index contributed by atoms with van der Waals surface area (Å²) in [5.41, 5.74) is 0. The van der Waals surface area contributed by atoms with Crippen LogP contribution in [-0.2, 0) is 0 Å². The lowest BCUT2D eigenvalue weighted by atomic mass is 10.1. The maximum absolute atomic E-state index is 3.98. The zero-order valence-corrected chi connectivity index (χ0v) is 11.0. The first-order chi connectivity index (χ1) is 8.50. The van der Waals surface area contributed by atoms with Gasteiger partial charge in [-0.05, 0) is 23.3 Å². The van der Waals surface area contributed by atoms with E-state index in [1.54, 1.807) is 0 Å². The summed E-state index contributed by atoms with van der Waals surface area (Å²) in [4.78, 5) is 0. The average molecular weight is 238 g/mol. The van der Waals surface area contributed by atoms with E-state index in [0.717, 1.165) is 25.9 Å². The standard InChI is InChI=1S/C13H26N4/c1-2-4-6-8-10-12-14-16-17-15-13-11-9-7-5-3-1/h1-13H2. The van der Waals surface area contributed by atoms with E-state index in [9.17, 15) is 0 Å². The van der Waals surface area contributed by atoms with Gasteiger partial charge in [-0.3, -0.25) is 0 Å². The third-order valence-electron chi connectivity index (χ3n) is 3.18. The van der Waals surface area contributed by atoms with E-state index in [-0.39, 0.29) is 0 Å². The fraction of sp³-hybridized carbons (Fsp3) is 1.00. The highest BCUT2D eigenvalue weighted by Gasteiger charge is 1.94. The Balaban J connectivity index is 2.13. The van der Waals surface area contributed by atoms with Gasteiger partial charge < -0.3 is 0 Å². The third-order valence-corrected chi connectivity index (χ3v) is 3.18. The Morgan fingerprint density at radius 3 is 1.00 bits per heavy atom. The Morgan fingerprint density at radius 1 is 0.353 bits per heavy atom. The zero-order valence-electron chi connectivity index (χ0n) is 11.0. The van der Waals surface area contributed by atoms with Crippen molar-refractivity contribution in [1.82, 2.24) is 0 Å². The SMILES string of the molecule is C1CCCCCCN=NN=NCCCCCC1. The number of hydrogen-bond donors (Lipinski definition) is 0. The molecule has 0 fully saturated rings. The van der Waals surface area contributed by atoms with Crippen molar-refractivity contribution in [3.63, 3.8) is 0 Å². The van der Waals surface area contributed by atoms with Gasteiger partial charge in [0.2, 0.25) is 0 Å². The van der Waals surface area contributed by atoms with E-state index in [0.29, 0.717) is 0 Å². The molecule has 0 N–H and O–H groups in total. The predicted octanol–water partition coefficient (Wildman–Crippen LogP) is 5.11. The van der Waals surface area contributed by atoms with Crippen LogP contribution >= 0.6 is 0 Å². The first kappa shape index (κ1) is 14.3. The molecule has 17 heavy (non-hydrogen) atoms. The van der Waals surface area contributed by atoms with Crippen LogP contribution in [0, 0.1) is 0 Å². The van der Waals surface area contributed by atoms with E-state index in [2.05, 4.69) is 20.7 Å². The lowest BCUT2D eigenvalue weighted by molar-refractivity contribution is 0.548. The van der Waals surface area contributed by atoms with Crippen molar-refractivity contribution in [2.24, 2.45) is 20.7 Å². The highest BCUT2D eigenvalue weighted by molar-refractivity contribution is 4.50. The summed E-state index contributed by atoms with van der Waals surface area (Å²) in [5.74, 6) is 0. The minimum Gasteiger partial charge on any atom is -0.167 e. The van der Waals surface area contributed by atoms with Gasteiger partial charge in [0.15, 0.2) is 0 Å². The minimum absolute atomic E-state index is 0.805. The van der Waals surface area contributed by atoms with Crippen LogP contribution < -0.4 is 0 Å². The van der Waals surface area contributed by atoms with Crippen molar-refractivity contribution >= 4 is 0 Å². The van der Waals surface area contributed by atoms with Crippen LogP contribution in [0.5, 0.6) is 0 Å². The van der Waals surface area contributed by atoms with Crippen LogP contribution in [-0.4, -0.2) is 13.1 Å². The molecule has 1 aliphatic heterocycles. The molecule has 0 saturated heterocycles. The smallest absolute Gasteiger partial charge is 0.0621 e. The van der Waals surface area contributed by atoms with Crippen LogP contribution in [0.1, 0.15) is 70.6 Å². The van der Waals surface area contributed by atoms with Crippen molar-refractivity contribution in [1.29, 1.82) is 0 Å². The van der Waals surface area contributed by atoms with Gasteiger partial charge in [0.05, 0.1) is 13.1 Å². The molecule has 1 aliphatic rings. The van der Waals surface area contributed by atoms with E-state index in [1.807, 2.05) is 0 Å². The largest absolute Gasteiger partial charge is 0.167 e. The molecule has 0 aromatic carbocycles. The summed E-state index contributed by atoms with van der Waals surface area (Å²) in [6, 6.07) is 0. The van der Waals surface area contributed by atoms with Crippen molar-refractivity contribution < 1.29 is 0 Å². The quantitative estimate of drug-likeness (QED) is 0.563. The first-order valence-electron chi connectivity index (χ1n) is 7.23. The van der Waals surface area contributed by atoms with Crippen LogP contribution in [0.3, 0.4) is 0 Å². The molecule has 0 spiro atoms. The second kappa shape index (κ2) is 11.7. The molecule has 0 aromatic heterocycles. The molecule has 98 valence electrons. The fourth-order valence-electron chi connectivity index (χ4n) is 2.10. The Hall–Kier alpha value is -0.800. The van der Waals surface area contributed by atoms with Gasteiger partial charge in [0.1, 0.15) is 0 Å². The summed E-state index contributed by atoms with van der Waals surface area (Å²) in [5, 5.41) is 15.4. The van der Waals surface area contributed by atoms with Crippen LogP contribution in [0.4, 0.5) is 0 Å². The molecule has 0 atom stereocenters. The predicted molar refractivity (Wildman–Crippen MR) is 70.2 cm³/mol. The molecule has 1 heterocycles. The van der Waals surface area contributed by atoms with Gasteiger partial charge >= 0.3 is 0 Å². The molecule has 4 nitrogen and oxygen atoms in total. The highest BCUT2D eigenvalue weighted by Crippen LogP contribution is 2.11. The fourth-order valence-corrected chi connectivity index (χ4v) is 2.10. The first-order valence-corrected chi connectivity index (χ1v) is 7.23. The van der Waals surface area contributed by atoms with Gasteiger partial charge in [-0.1, -0.05) is 57.8 Å². The monoisotopic (exact) mass is 238 g/mol. The van der Waals surface area contributed by atoms with Crippen molar-refractivity contribution in [2.45, 2.75) is 70.6 Å². The van der Waals surface area contributed by atoms with Crippen molar-refractivity contribution in [2.75, 3.05) is 13.1 Å². The van der Waals surface area contributed by atoms with Gasteiger partial charge in [-0.25, -0.2) is 0 Å². The molecular formula is C13H26N4. The third kappa shape index (κ3) is 10.1. The summed E-state index contributed by atoms with van der Waals surface area (Å²) in [6.45, 7) is 1.61. The molecule has 4 heteroatoms. The number of nitrogens with zero attached hydrogens (tertiary/aromatic N) is 4. The summed E-state index contributed by atoms with van der Waals surface area (Å²) < 4.78 is 0. The van der Waals surface area contributed by atoms with E-state index in [4.69, 9.17) is 0 Å². The molecule has 0 bridgehead atoms. The normalized spacial score (nSPS) is 22.1. The lowest BCUT2D eigenvalue weighted by Gasteiger charge is -2.01. The van der Waals surface area contributed by atoms with Crippen LogP contribution in [0.2, 0.25) is 0 Å². The molecular weight excluding hydrogens is 212 g/mol. The molecule has 0 saturated carbocycles. The molecule has 0 aromatic rings. The highest BCUT2D eigenvalue weighted by atomic mass is 15.5. The Labute approximate surface area is 105 Å². The Kier molecular flexibility index (Phi) is 9.80. The summed E-state index contributed by atoms with van der Waals surface area (Å²) in [7, 11) is 0. The van der Waals surface area contributed by atoms with Crippen molar-refractivity contribution in [3.8, 4) is 0 Å². The summed E-state index contributed by atoms with van der Waals surface area (Å²) >= 11 is 0. The number of rotatable bonds is 0. The van der Waals surface area contributed by atoms with E-state index < -0.39 is 0 Å². The molecule has 0 amide bonds. The molecule has 0 aliphatic carbocycles. The Morgan fingerprint density at radius 2 is 0.647 bits per heavy atom. The topological polar surface area (TPSA) is 49.4 Å². The van der Waals surface area contributed by atoms with Crippen LogP contribution in [0.25, 0.3) is 0 Å². The van der Waals surface area contributed by atoms with E-state index in [1.165, 1.54) is 57.8 Å². The van der Waals surface area contributed by atoms with Crippen LogP contribution in [0.15, 0.2) is 20.7 Å². The second-order valence-electron chi connectivity index (χ2n) is 4.80. The van der Waals surface area contributed by atoms with Gasteiger partial charge in [0, 0.05) is 0 Å². The average Bonchev–Trinajstić information content (AvgIpc) is 2.35. The number of hydrogen-bond acceptors (Lipinski definition) is 4. The minimum atomic E-state index is 0.805. The molecule has 0 unspecified atom stereocenters. The molecule has 0 radical (unpaired) electrons. The van der Waals surface area contributed by atoms with Gasteiger partial charge in [0.25, 0.3) is 0 Å². The maximum Gasteiger partial charge on any atom is 0.0621 e. The van der Waals surface area contributed by atoms with Gasteiger partial charge in [-0.2, -0.15) is 10.2 Å². The summed E-state index contributed by atoms with van der Waals surface area (Å²) in [6.07, 6.45) is 14.5. The second-order valence-corrected chi connectivity index (χ2v) is 4.80. The maximum atomic E-state index is 3.98. The molecule has 1 rings (SSSR count). The van der Waals surface area contributed by atoms with Crippen molar-refractivity contribution in [3.05, 3.63) is 0 Å².